The minimum Gasteiger partial charge on any atom is -0.477 e. The highest BCUT2D eigenvalue weighted by Crippen LogP contribution is 2.40. The van der Waals surface area contributed by atoms with Crippen molar-refractivity contribution in [2.45, 2.75) is 18.0 Å². The maximum atomic E-state index is 15.9. The number of nitrogens with one attached hydrogen (secondary N) is 1. The van der Waals surface area contributed by atoms with E-state index in [-0.39, 0.29) is 39.1 Å². The van der Waals surface area contributed by atoms with Gasteiger partial charge in [-0.05, 0) is 13.1 Å². The summed E-state index contributed by atoms with van der Waals surface area (Å²) in [7, 11) is 3.08. The SMILES string of the molecule is CO/N=C(\C(=O)N[C@@H]1C(=O)N2C(C(=O)O)=C(COC(=O)c3cn(CCF)c4c(F)c(N5CCN(C)CC5)c(F)cc4c3=O)CS[C@H]12)c1csc(N)n1. The van der Waals surface area contributed by atoms with E-state index in [4.69, 9.17) is 15.3 Å². The summed E-state index contributed by atoms with van der Waals surface area (Å²) in [6, 6.07) is -0.345. The van der Waals surface area contributed by atoms with E-state index < -0.39 is 88.7 Å². The Morgan fingerprint density at radius 3 is 2.56 bits per heavy atom. The molecule has 2 saturated heterocycles. The predicted octanol–water partition coefficient (Wildman–Crippen LogP) is 0.986. The van der Waals surface area contributed by atoms with E-state index in [1.165, 1.54) is 17.4 Å². The van der Waals surface area contributed by atoms with Crippen molar-refractivity contribution in [2.24, 2.45) is 5.16 Å². The number of thiazole rings is 1. The third-order valence-corrected chi connectivity index (χ3v) is 10.7. The van der Waals surface area contributed by atoms with Gasteiger partial charge in [-0.3, -0.25) is 19.3 Å². The number of aromatic nitrogens is 2. The zero-order valence-corrected chi connectivity index (χ0v) is 29.2. The average molecular weight is 765 g/mol. The molecular weight excluding hydrogens is 734 g/mol. The fourth-order valence-corrected chi connectivity index (χ4v) is 8.01. The minimum atomic E-state index is -1.52. The van der Waals surface area contributed by atoms with Gasteiger partial charge in [0.1, 0.15) is 60.3 Å². The number of carbonyl (C=O) groups is 4. The summed E-state index contributed by atoms with van der Waals surface area (Å²) in [5, 5.41) is 16.5. The Hall–Kier alpha value is -5.15. The van der Waals surface area contributed by atoms with E-state index in [9.17, 15) is 33.5 Å². The largest absolute Gasteiger partial charge is 0.477 e. The number of rotatable bonds is 11. The molecule has 6 rings (SSSR count). The highest BCUT2D eigenvalue weighted by Gasteiger charge is 2.54. The molecule has 0 unspecified atom stereocenters. The fourth-order valence-electron chi connectivity index (χ4n) is 6.14. The van der Waals surface area contributed by atoms with Crippen LogP contribution in [-0.2, 0) is 30.5 Å². The van der Waals surface area contributed by atoms with E-state index in [0.717, 1.165) is 44.8 Å². The van der Waals surface area contributed by atoms with Crippen LogP contribution in [0.1, 0.15) is 16.1 Å². The molecule has 2 amide bonds. The van der Waals surface area contributed by atoms with Crippen LogP contribution in [-0.4, -0.2) is 125 Å². The Morgan fingerprint density at radius 1 is 1.19 bits per heavy atom. The van der Waals surface area contributed by atoms with Crippen LogP contribution in [0.2, 0.25) is 0 Å². The Morgan fingerprint density at radius 2 is 1.92 bits per heavy atom. The lowest BCUT2D eigenvalue weighted by Crippen LogP contribution is -2.71. The number of oxime groups is 1. The molecule has 4 N–H and O–H groups in total. The number of hydrogen-bond acceptors (Lipinski definition) is 14. The Bertz CT molecular complexity index is 2100. The molecule has 5 heterocycles. The highest BCUT2D eigenvalue weighted by atomic mass is 32.2. The van der Waals surface area contributed by atoms with Crippen LogP contribution >= 0.6 is 23.1 Å². The second kappa shape index (κ2) is 14.8. The number of hydrogen-bond donors (Lipinski definition) is 3. The molecule has 2 aromatic heterocycles. The Balaban J connectivity index is 1.22. The Labute approximate surface area is 300 Å². The molecule has 276 valence electrons. The van der Waals surface area contributed by atoms with Crippen molar-refractivity contribution < 1.29 is 47.0 Å². The maximum Gasteiger partial charge on any atom is 0.352 e. The number of amides is 2. The van der Waals surface area contributed by atoms with Gasteiger partial charge in [-0.15, -0.1) is 23.1 Å². The first-order valence-corrected chi connectivity index (χ1v) is 17.5. The van der Waals surface area contributed by atoms with E-state index in [0.29, 0.717) is 26.2 Å². The first kappa shape index (κ1) is 36.6. The van der Waals surface area contributed by atoms with Crippen LogP contribution in [0.25, 0.3) is 10.9 Å². The number of anilines is 2. The number of pyridine rings is 1. The van der Waals surface area contributed by atoms with Gasteiger partial charge in [0, 0.05) is 49.1 Å². The molecule has 52 heavy (non-hydrogen) atoms. The van der Waals surface area contributed by atoms with Gasteiger partial charge < -0.3 is 40.1 Å². The molecule has 3 aliphatic heterocycles. The second-order valence-electron chi connectivity index (χ2n) is 11.8. The number of carboxylic acid groups (broad SMARTS) is 1. The number of nitrogen functional groups attached to an aromatic ring is 1. The summed E-state index contributed by atoms with van der Waals surface area (Å²) in [5.74, 6) is -6.54. The smallest absolute Gasteiger partial charge is 0.352 e. The molecule has 3 aliphatic rings. The molecule has 2 fully saturated rings. The molecule has 0 saturated carbocycles. The van der Waals surface area contributed by atoms with Crippen LogP contribution in [0.3, 0.4) is 0 Å². The van der Waals surface area contributed by atoms with Gasteiger partial charge in [0.15, 0.2) is 16.7 Å². The number of carbonyl (C=O) groups excluding carboxylic acids is 3. The number of β-lactam (4-membered cyclic amide) rings is 1. The lowest BCUT2D eigenvalue weighted by atomic mass is 10.0. The lowest BCUT2D eigenvalue weighted by Gasteiger charge is -2.49. The topological polar surface area (TPSA) is 202 Å². The van der Waals surface area contributed by atoms with Crippen LogP contribution in [0.5, 0.6) is 0 Å². The predicted molar refractivity (Wildman–Crippen MR) is 184 cm³/mol. The van der Waals surface area contributed by atoms with Crippen molar-refractivity contribution in [1.82, 2.24) is 24.7 Å². The van der Waals surface area contributed by atoms with Gasteiger partial charge in [-0.25, -0.2) is 27.7 Å². The number of piperazine rings is 1. The third-order valence-electron chi connectivity index (χ3n) is 8.67. The number of aliphatic carboxylic acids is 1. The van der Waals surface area contributed by atoms with E-state index in [1.807, 2.05) is 11.9 Å². The third kappa shape index (κ3) is 6.65. The van der Waals surface area contributed by atoms with Gasteiger partial charge in [-0.2, -0.15) is 0 Å². The molecule has 1 aromatic carbocycles. The molecule has 0 radical (unpaired) electrons. The van der Waals surface area contributed by atoms with Crippen LogP contribution < -0.4 is 21.4 Å². The number of carboxylic acids is 1. The molecule has 0 bridgehead atoms. The quantitative estimate of drug-likeness (QED) is 0.108. The Kier molecular flexibility index (Phi) is 10.5. The fraction of sp³-hybridized carbons (Fsp3) is 0.387. The summed E-state index contributed by atoms with van der Waals surface area (Å²) in [4.78, 5) is 78.4. The molecule has 0 aliphatic carbocycles. The number of fused-ring (bicyclic) bond motifs is 2. The second-order valence-corrected chi connectivity index (χ2v) is 13.8. The zero-order chi connectivity index (χ0) is 37.4. The lowest BCUT2D eigenvalue weighted by molar-refractivity contribution is -0.150. The number of esters is 1. The molecule has 2 atom stereocenters. The molecule has 16 nitrogen and oxygen atoms in total. The van der Waals surface area contributed by atoms with Gasteiger partial charge in [-0.1, -0.05) is 5.16 Å². The maximum absolute atomic E-state index is 15.9. The molecular formula is C31H31F3N8O8S2. The summed E-state index contributed by atoms with van der Waals surface area (Å²) in [6.07, 6.45) is 0.923. The summed E-state index contributed by atoms with van der Waals surface area (Å²) < 4.78 is 51.3. The number of likely N-dealkylation sites (N-methyl/N-ethyl adjacent to an activating group) is 1. The first-order chi connectivity index (χ1) is 24.9. The van der Waals surface area contributed by atoms with Gasteiger partial charge in [0.25, 0.3) is 11.8 Å². The van der Waals surface area contributed by atoms with Crippen LogP contribution in [0.4, 0.5) is 24.0 Å². The van der Waals surface area contributed by atoms with Crippen LogP contribution in [0.15, 0.2) is 38.9 Å². The first-order valence-electron chi connectivity index (χ1n) is 15.6. The standard InChI is InChI=1S/C31H31F3N8O8S2/c1-39-5-7-40(8-6-39)24-17(33)9-15-23(19(24)34)41(4-3-32)10-16(25(15)43)30(48)50-11-14-12-51-28-21(27(45)42(28)22(14)29(46)47)37-26(44)20(38-49-2)18-13-52-31(35)36-18/h9-10,13,21,28H,3-8,11-12H2,1-2H3,(H2,35,36)(H,37,44)(H,46,47)/b38-20-/t21-,28-/m1/s1. The van der Waals surface area contributed by atoms with Crippen molar-refractivity contribution in [3.8, 4) is 0 Å². The summed E-state index contributed by atoms with van der Waals surface area (Å²) in [5.41, 5.74) is 2.53. The highest BCUT2D eigenvalue weighted by molar-refractivity contribution is 8.00. The van der Waals surface area contributed by atoms with Crippen molar-refractivity contribution in [2.75, 3.05) is 70.0 Å². The van der Waals surface area contributed by atoms with Gasteiger partial charge in [0.2, 0.25) is 5.43 Å². The zero-order valence-electron chi connectivity index (χ0n) is 27.6. The molecule has 21 heteroatoms. The number of nitrogens with zero attached hydrogens (tertiary/aromatic N) is 6. The number of thioether (sulfide) groups is 1. The van der Waals surface area contributed by atoms with Gasteiger partial charge >= 0.3 is 11.9 Å². The average Bonchev–Trinajstić information content (AvgIpc) is 3.55. The summed E-state index contributed by atoms with van der Waals surface area (Å²) in [6.45, 7) is -0.459. The number of nitrogens with two attached hydrogens (primary N) is 1. The van der Waals surface area contributed by atoms with Crippen LogP contribution in [0, 0.1) is 11.6 Å². The van der Waals surface area contributed by atoms with E-state index in [2.05, 4.69) is 15.5 Å². The van der Waals surface area contributed by atoms with Crippen molar-refractivity contribution >= 4 is 74.3 Å². The van der Waals surface area contributed by atoms with Crippen molar-refractivity contribution in [3.05, 3.63) is 62.0 Å². The normalized spacial score (nSPS) is 19.4. The number of ether oxygens (including phenoxy) is 1. The minimum absolute atomic E-state index is 0.00131. The van der Waals surface area contributed by atoms with E-state index in [1.54, 1.807) is 0 Å². The van der Waals surface area contributed by atoms with Crippen molar-refractivity contribution in [1.29, 1.82) is 0 Å². The van der Waals surface area contributed by atoms with E-state index >= 15 is 8.78 Å². The van der Waals surface area contributed by atoms with Crippen molar-refractivity contribution in [3.63, 3.8) is 0 Å². The molecule has 3 aromatic rings. The number of halogens is 3. The number of alkyl halides is 1. The molecule has 0 spiro atoms. The number of benzene rings is 1. The summed E-state index contributed by atoms with van der Waals surface area (Å²) >= 11 is 2.12. The number of aryl methyl sites for hydroxylation is 1. The monoisotopic (exact) mass is 764 g/mol. The van der Waals surface area contributed by atoms with Gasteiger partial charge in [0.05, 0.1) is 17.4 Å².